The number of aliphatic hydroxyl groups is 1. The summed E-state index contributed by atoms with van der Waals surface area (Å²) in [6, 6.07) is 5.43. The highest BCUT2D eigenvalue weighted by Crippen LogP contribution is 2.31. The van der Waals surface area contributed by atoms with E-state index >= 15 is 0 Å². The number of nitrogens with zero attached hydrogens (tertiary/aromatic N) is 2. The van der Waals surface area contributed by atoms with Crippen LogP contribution in [0.4, 0.5) is 9.59 Å². The molecule has 1 aromatic heterocycles. The van der Waals surface area contributed by atoms with Gasteiger partial charge in [-0.05, 0) is 85.4 Å². The summed E-state index contributed by atoms with van der Waals surface area (Å²) in [5, 5.41) is 18.8. The predicted molar refractivity (Wildman–Crippen MR) is 209 cm³/mol. The Labute approximate surface area is 331 Å². The van der Waals surface area contributed by atoms with E-state index in [0.29, 0.717) is 0 Å². The number of rotatable bonds is 17. The van der Waals surface area contributed by atoms with E-state index in [1.54, 1.807) is 72.2 Å². The van der Waals surface area contributed by atoms with Crippen molar-refractivity contribution in [3.63, 3.8) is 0 Å². The van der Waals surface area contributed by atoms with E-state index < -0.39 is 70.7 Å². The van der Waals surface area contributed by atoms with Gasteiger partial charge in [-0.15, -0.1) is 11.3 Å². The summed E-state index contributed by atoms with van der Waals surface area (Å²) in [7, 11) is 0. The van der Waals surface area contributed by atoms with Crippen LogP contribution in [0.3, 0.4) is 0 Å². The minimum Gasteiger partial charge on any atom is -0.444 e. The quantitative estimate of drug-likeness (QED) is 0.115. The Morgan fingerprint density at radius 3 is 2.18 bits per heavy atom. The third kappa shape index (κ3) is 15.6. The first-order valence-electron chi connectivity index (χ1n) is 18.0. The first kappa shape index (κ1) is 45.4. The molecule has 306 valence electrons. The third-order valence-corrected chi connectivity index (χ3v) is 9.86. The Kier molecular flexibility index (Phi) is 16.7. The van der Waals surface area contributed by atoms with E-state index in [1.165, 1.54) is 4.90 Å². The molecular weight excluding hydrogens is 753 g/mol. The van der Waals surface area contributed by atoms with Crippen LogP contribution in [0, 0.1) is 6.92 Å². The molecule has 3 atom stereocenters. The molecule has 0 bridgehead atoms. The maximum atomic E-state index is 14.3. The van der Waals surface area contributed by atoms with Gasteiger partial charge in [-0.25, -0.2) is 14.6 Å². The van der Waals surface area contributed by atoms with Gasteiger partial charge in [0, 0.05) is 26.1 Å². The van der Waals surface area contributed by atoms with Gasteiger partial charge in [0.2, 0.25) is 17.7 Å². The van der Waals surface area contributed by atoms with Gasteiger partial charge in [0.05, 0.1) is 46.8 Å². The zero-order valence-electron chi connectivity index (χ0n) is 33.1. The summed E-state index contributed by atoms with van der Waals surface area (Å²) in [4.78, 5) is 71.8. The fourth-order valence-electron chi connectivity index (χ4n) is 5.32. The number of nitrogens with one attached hydrogen (secondary N) is 4. The Morgan fingerprint density at radius 1 is 0.927 bits per heavy atom. The van der Waals surface area contributed by atoms with E-state index in [4.69, 9.17) is 18.9 Å². The topological polar surface area (TPSA) is 207 Å². The van der Waals surface area contributed by atoms with Crippen LogP contribution in [0.25, 0.3) is 10.4 Å². The molecule has 2 aromatic rings. The van der Waals surface area contributed by atoms with Crippen molar-refractivity contribution < 1.29 is 48.0 Å². The summed E-state index contributed by atoms with van der Waals surface area (Å²) in [6.45, 7) is 15.9. The molecule has 55 heavy (non-hydrogen) atoms. The molecule has 0 radical (unpaired) electrons. The number of alkyl carbamates (subject to hydrolysis) is 1. The third-order valence-electron chi connectivity index (χ3n) is 7.86. The number of benzene rings is 1. The number of carbonyl (C=O) groups excluding carboxylic acids is 5. The number of likely N-dealkylation sites (tertiary alicyclic amines) is 1. The first-order valence-corrected chi connectivity index (χ1v) is 19.7. The van der Waals surface area contributed by atoms with Crippen molar-refractivity contribution in [2.75, 3.05) is 39.5 Å². The fourth-order valence-corrected chi connectivity index (χ4v) is 6.80. The number of aliphatic hydroxyl groups excluding tert-OH is 1. The van der Waals surface area contributed by atoms with Crippen LogP contribution in [0.5, 0.6) is 0 Å². The number of aryl methyl sites for hydroxylation is 1. The normalized spacial score (nSPS) is 16.6. The zero-order chi connectivity index (χ0) is 41.0. The summed E-state index contributed by atoms with van der Waals surface area (Å²) >= 11 is 2.42. The Morgan fingerprint density at radius 2 is 1.56 bits per heavy atom. The molecule has 3 rings (SSSR count). The van der Waals surface area contributed by atoms with Crippen LogP contribution in [-0.4, -0.2) is 119 Å². The second-order valence-corrected chi connectivity index (χ2v) is 17.8. The van der Waals surface area contributed by atoms with Crippen LogP contribution in [0.1, 0.15) is 73.1 Å². The Hall–Kier alpha value is -3.97. The van der Waals surface area contributed by atoms with Crippen molar-refractivity contribution >= 4 is 53.2 Å². The summed E-state index contributed by atoms with van der Waals surface area (Å²) < 4.78 is 22.8. The van der Waals surface area contributed by atoms with Crippen molar-refractivity contribution in [1.82, 2.24) is 30.6 Å². The van der Waals surface area contributed by atoms with Crippen LogP contribution in [0.15, 0.2) is 29.8 Å². The molecule has 0 aliphatic carbocycles. The summed E-state index contributed by atoms with van der Waals surface area (Å²) in [6.07, 6.45) is -2.27. The molecule has 5 N–H and O–H groups in total. The monoisotopic (exact) mass is 808 g/mol. The number of hydrogen-bond donors (Lipinski definition) is 5. The zero-order valence-corrected chi connectivity index (χ0v) is 34.7. The largest absolute Gasteiger partial charge is 0.444 e. The lowest BCUT2D eigenvalue weighted by Crippen LogP contribution is -2.60. The SMILES string of the molecule is Cc1ncsc1-c1ccc(CNC(=O)[C@@H]2C[C@@H](O)CN2C(=O)[C@@H](NC(=O)COCCOCCNC(=O)OC(C)(C)C)C(C)(C)SNC(=O)OC(C)(C)C)cc1. The smallest absolute Gasteiger partial charge is 0.417 e. The highest BCUT2D eigenvalue weighted by molar-refractivity contribution is 7.99. The lowest BCUT2D eigenvalue weighted by Gasteiger charge is -2.37. The fraction of sp³-hybridized carbons (Fsp3) is 0.622. The Balaban J connectivity index is 1.62. The van der Waals surface area contributed by atoms with E-state index in [9.17, 15) is 29.1 Å². The van der Waals surface area contributed by atoms with Gasteiger partial charge < -0.3 is 44.9 Å². The maximum absolute atomic E-state index is 14.3. The summed E-state index contributed by atoms with van der Waals surface area (Å²) in [5.41, 5.74) is 3.20. The lowest BCUT2D eigenvalue weighted by molar-refractivity contribution is -0.142. The minimum atomic E-state index is -1.28. The van der Waals surface area contributed by atoms with Crippen molar-refractivity contribution in [2.24, 2.45) is 0 Å². The van der Waals surface area contributed by atoms with E-state index in [1.807, 2.05) is 31.2 Å². The standard InChI is InChI=1S/C37H56N6O10S2/c1-23-29(54-22-40-23)25-12-10-24(11-13-25)19-39-31(46)27-18-26(44)20-43(27)32(47)30(37(8,9)55-42-34(49)53-36(5,6)7)41-28(45)21-51-17-16-50-15-14-38-33(48)52-35(2,3)4/h10-13,22,26-27,30,44H,14-21H2,1-9H3,(H,38,48)(H,39,46)(H,41,45)(H,42,49)/t26-,27+,30-/m1/s1. The molecule has 1 fully saturated rings. The molecule has 0 unspecified atom stereocenters. The van der Waals surface area contributed by atoms with Crippen molar-refractivity contribution in [3.05, 3.63) is 41.0 Å². The van der Waals surface area contributed by atoms with Crippen molar-refractivity contribution in [3.8, 4) is 10.4 Å². The van der Waals surface area contributed by atoms with E-state index in [0.717, 1.165) is 33.6 Å². The average Bonchev–Trinajstić information content (AvgIpc) is 3.70. The molecular formula is C37H56N6O10S2. The van der Waals surface area contributed by atoms with Crippen molar-refractivity contribution in [2.45, 2.75) is 109 Å². The molecule has 0 spiro atoms. The maximum Gasteiger partial charge on any atom is 0.417 e. The number of β-amino-alcohol motifs (C(OH)–C–C–N with tert-alkyl or cyclic N) is 1. The molecule has 1 aliphatic heterocycles. The number of hydrogen-bond acceptors (Lipinski definition) is 13. The molecule has 1 aliphatic rings. The number of amides is 5. The van der Waals surface area contributed by atoms with Crippen molar-refractivity contribution in [1.29, 1.82) is 0 Å². The van der Waals surface area contributed by atoms with Crippen LogP contribution in [0.2, 0.25) is 0 Å². The number of thiazole rings is 1. The molecule has 2 heterocycles. The van der Waals surface area contributed by atoms with Crippen LogP contribution < -0.4 is 20.7 Å². The number of aromatic nitrogens is 1. The average molecular weight is 809 g/mol. The molecule has 5 amide bonds. The second kappa shape index (κ2) is 20.3. The van der Waals surface area contributed by atoms with Gasteiger partial charge >= 0.3 is 12.2 Å². The highest BCUT2D eigenvalue weighted by atomic mass is 32.2. The molecule has 1 aromatic carbocycles. The van der Waals surface area contributed by atoms with E-state index in [-0.39, 0.29) is 45.9 Å². The van der Waals surface area contributed by atoms with Gasteiger partial charge in [0.25, 0.3) is 0 Å². The number of ether oxygens (including phenoxy) is 4. The van der Waals surface area contributed by atoms with Crippen LogP contribution >= 0.6 is 23.3 Å². The van der Waals surface area contributed by atoms with Gasteiger partial charge in [0.1, 0.15) is 29.9 Å². The van der Waals surface area contributed by atoms with Gasteiger partial charge in [-0.1, -0.05) is 24.3 Å². The highest BCUT2D eigenvalue weighted by Gasteiger charge is 2.46. The molecule has 16 nitrogen and oxygen atoms in total. The predicted octanol–water partition coefficient (Wildman–Crippen LogP) is 3.69. The number of carbonyl (C=O) groups is 5. The second-order valence-electron chi connectivity index (χ2n) is 15.5. The lowest BCUT2D eigenvalue weighted by atomic mass is 10.0. The molecule has 0 saturated carbocycles. The van der Waals surface area contributed by atoms with Gasteiger partial charge in [-0.2, -0.15) is 0 Å². The van der Waals surface area contributed by atoms with Gasteiger partial charge in [-0.3, -0.25) is 19.1 Å². The minimum absolute atomic E-state index is 0.00195. The van der Waals surface area contributed by atoms with Gasteiger partial charge in [0.15, 0.2) is 0 Å². The first-order chi connectivity index (χ1) is 25.6. The van der Waals surface area contributed by atoms with E-state index in [2.05, 4.69) is 25.7 Å². The molecule has 1 saturated heterocycles. The van der Waals surface area contributed by atoms with Crippen LogP contribution in [-0.2, 0) is 39.9 Å². The summed E-state index contributed by atoms with van der Waals surface area (Å²) in [5.74, 6) is -1.72. The Bertz CT molecular complexity index is 1610. The molecule has 18 heteroatoms.